The molecule has 0 spiro atoms. The van der Waals surface area contributed by atoms with E-state index in [9.17, 15) is 0 Å². The molecule has 0 N–H and O–H groups in total. The summed E-state index contributed by atoms with van der Waals surface area (Å²) in [5.74, 6) is 0. The molecule has 0 aliphatic heterocycles. The van der Waals surface area contributed by atoms with Crippen molar-refractivity contribution in [2.75, 3.05) is 0 Å². The topological polar surface area (TPSA) is 13.1 Å². The molecule has 0 saturated heterocycles. The molecule has 92 valence electrons. The lowest BCUT2D eigenvalue weighted by atomic mass is 10.1. The first-order valence-corrected chi connectivity index (χ1v) is 6.66. The van der Waals surface area contributed by atoms with Crippen molar-refractivity contribution in [3.8, 4) is 0 Å². The normalized spacial score (nSPS) is 11.6. The van der Waals surface area contributed by atoms with Gasteiger partial charge in [0, 0.05) is 21.9 Å². The van der Waals surface area contributed by atoms with E-state index in [4.69, 9.17) is 50.8 Å². The van der Waals surface area contributed by atoms with Crippen molar-refractivity contribution in [3.05, 3.63) is 43.9 Å². The molecule has 2 aromatic carbocycles. The van der Waals surface area contributed by atoms with Crippen LogP contribution in [0.3, 0.4) is 0 Å². The van der Waals surface area contributed by atoms with Crippen molar-refractivity contribution in [3.63, 3.8) is 0 Å². The maximum atomic E-state index is 6.14. The van der Waals surface area contributed by atoms with Crippen molar-refractivity contribution in [1.82, 2.24) is 0 Å². The average molecular weight is 320 g/mol. The van der Waals surface area contributed by atoms with Gasteiger partial charge < -0.3 is 4.42 Å². The van der Waals surface area contributed by atoms with Crippen LogP contribution in [-0.4, -0.2) is 0 Å². The summed E-state index contributed by atoms with van der Waals surface area (Å²) in [6.45, 7) is 1.93. The first-order chi connectivity index (χ1) is 8.49. The summed E-state index contributed by atoms with van der Waals surface area (Å²) in [6.07, 6.45) is 0. The molecule has 0 unspecified atom stereocenters. The van der Waals surface area contributed by atoms with Gasteiger partial charge in [-0.1, -0.05) is 46.4 Å². The minimum Gasteiger partial charge on any atom is -0.454 e. The molecular formula is C13H6Cl4O. The second-order valence-electron chi connectivity index (χ2n) is 4.06. The standard InChI is InChI=1S/C13H6Cl4O/c1-5-2-6-7-3-9(15)11(16)12(17)13(7)18-10(6)4-8(5)14/h2-4H,1H3. The van der Waals surface area contributed by atoms with Crippen LogP contribution in [0.25, 0.3) is 21.9 Å². The smallest absolute Gasteiger partial charge is 0.155 e. The zero-order valence-electron chi connectivity index (χ0n) is 9.15. The number of benzene rings is 2. The molecule has 0 bridgehead atoms. The van der Waals surface area contributed by atoms with Crippen LogP contribution in [0.5, 0.6) is 0 Å². The highest BCUT2D eigenvalue weighted by Gasteiger charge is 2.16. The largest absolute Gasteiger partial charge is 0.454 e. The van der Waals surface area contributed by atoms with Crippen LogP contribution < -0.4 is 0 Å². The first-order valence-electron chi connectivity index (χ1n) is 5.15. The van der Waals surface area contributed by atoms with Gasteiger partial charge in [-0.3, -0.25) is 0 Å². The number of fused-ring (bicyclic) bond motifs is 3. The van der Waals surface area contributed by atoms with Crippen molar-refractivity contribution in [2.24, 2.45) is 0 Å². The summed E-state index contributed by atoms with van der Waals surface area (Å²) in [5, 5.41) is 3.44. The molecule has 0 radical (unpaired) electrons. The summed E-state index contributed by atoms with van der Waals surface area (Å²) < 4.78 is 5.70. The number of furan rings is 1. The van der Waals surface area contributed by atoms with Gasteiger partial charge >= 0.3 is 0 Å². The van der Waals surface area contributed by atoms with Crippen molar-refractivity contribution >= 4 is 68.3 Å². The molecule has 0 atom stereocenters. The van der Waals surface area contributed by atoms with E-state index < -0.39 is 0 Å². The maximum absolute atomic E-state index is 6.14. The molecule has 1 aromatic heterocycles. The molecule has 5 heteroatoms. The summed E-state index contributed by atoms with van der Waals surface area (Å²) >= 11 is 24.2. The number of rotatable bonds is 0. The van der Waals surface area contributed by atoms with Gasteiger partial charge in [0.15, 0.2) is 5.58 Å². The zero-order chi connectivity index (χ0) is 13.0. The number of aryl methyl sites for hydroxylation is 1. The van der Waals surface area contributed by atoms with Crippen LogP contribution in [0.15, 0.2) is 22.6 Å². The fourth-order valence-electron chi connectivity index (χ4n) is 1.95. The second-order valence-corrected chi connectivity index (χ2v) is 5.63. The second kappa shape index (κ2) is 4.21. The van der Waals surface area contributed by atoms with E-state index in [0.29, 0.717) is 31.3 Å². The highest BCUT2D eigenvalue weighted by atomic mass is 35.5. The minimum absolute atomic E-state index is 0.299. The Morgan fingerprint density at radius 2 is 1.56 bits per heavy atom. The van der Waals surface area contributed by atoms with E-state index in [1.54, 1.807) is 12.1 Å². The fourth-order valence-corrected chi connectivity index (χ4v) is 2.73. The molecule has 3 aromatic rings. The highest BCUT2D eigenvalue weighted by molar-refractivity contribution is 6.50. The van der Waals surface area contributed by atoms with E-state index >= 15 is 0 Å². The molecule has 0 amide bonds. The third-order valence-electron chi connectivity index (χ3n) is 2.88. The number of halogens is 4. The van der Waals surface area contributed by atoms with Crippen LogP contribution in [0.1, 0.15) is 5.56 Å². The van der Waals surface area contributed by atoms with E-state index in [2.05, 4.69) is 0 Å². The van der Waals surface area contributed by atoms with Crippen LogP contribution in [0.4, 0.5) is 0 Å². The average Bonchev–Trinajstić information content (AvgIpc) is 2.66. The molecule has 1 heterocycles. The molecule has 3 rings (SSSR count). The summed E-state index contributed by atoms with van der Waals surface area (Å²) in [4.78, 5) is 0. The molecule has 0 aliphatic rings. The van der Waals surface area contributed by atoms with Crippen molar-refractivity contribution < 1.29 is 4.42 Å². The summed E-state index contributed by atoms with van der Waals surface area (Å²) in [5.41, 5.74) is 2.16. The van der Waals surface area contributed by atoms with Gasteiger partial charge in [-0.25, -0.2) is 0 Å². The quantitative estimate of drug-likeness (QED) is 0.430. The monoisotopic (exact) mass is 318 g/mol. The highest BCUT2D eigenvalue weighted by Crippen LogP contribution is 2.42. The molecule has 0 saturated carbocycles. The Balaban J connectivity index is 2.56. The number of hydrogen-bond acceptors (Lipinski definition) is 1. The van der Waals surface area contributed by atoms with E-state index in [0.717, 1.165) is 16.3 Å². The Morgan fingerprint density at radius 3 is 2.28 bits per heavy atom. The zero-order valence-corrected chi connectivity index (χ0v) is 12.2. The Labute approximate surface area is 123 Å². The van der Waals surface area contributed by atoms with Gasteiger partial charge in [-0.15, -0.1) is 0 Å². The van der Waals surface area contributed by atoms with E-state index in [1.807, 2.05) is 13.0 Å². The third-order valence-corrected chi connectivity index (χ3v) is 4.53. The van der Waals surface area contributed by atoms with Gasteiger partial charge in [0.05, 0.1) is 10.0 Å². The first kappa shape index (κ1) is 12.4. The van der Waals surface area contributed by atoms with E-state index in [-0.39, 0.29) is 0 Å². The Kier molecular flexibility index (Phi) is 2.91. The maximum Gasteiger partial charge on any atom is 0.155 e. The Hall–Kier alpha value is -0.600. The third kappa shape index (κ3) is 1.70. The molecular weight excluding hydrogens is 314 g/mol. The van der Waals surface area contributed by atoms with Crippen LogP contribution in [0.2, 0.25) is 20.1 Å². The SMILES string of the molecule is Cc1cc2c(cc1Cl)oc1c(Cl)c(Cl)c(Cl)cc12. The van der Waals surface area contributed by atoms with Gasteiger partial charge in [0.2, 0.25) is 0 Å². The lowest BCUT2D eigenvalue weighted by molar-refractivity contribution is 0.669. The van der Waals surface area contributed by atoms with Gasteiger partial charge in [-0.2, -0.15) is 0 Å². The molecule has 0 aliphatic carbocycles. The minimum atomic E-state index is 0.299. The fraction of sp³-hybridized carbons (Fsp3) is 0.0769. The number of hydrogen-bond donors (Lipinski definition) is 0. The summed E-state index contributed by atoms with van der Waals surface area (Å²) in [6, 6.07) is 5.47. The lowest BCUT2D eigenvalue weighted by Gasteiger charge is -1.99. The lowest BCUT2D eigenvalue weighted by Crippen LogP contribution is -1.76. The molecule has 1 nitrogen and oxygen atoms in total. The van der Waals surface area contributed by atoms with Crippen LogP contribution >= 0.6 is 46.4 Å². The predicted octanol–water partition coefficient (Wildman–Crippen LogP) is 6.51. The van der Waals surface area contributed by atoms with Gasteiger partial charge in [0.1, 0.15) is 10.6 Å². The predicted molar refractivity (Wildman–Crippen MR) is 78.5 cm³/mol. The van der Waals surface area contributed by atoms with Gasteiger partial charge in [0.25, 0.3) is 0 Å². The Bertz CT molecular complexity index is 789. The summed E-state index contributed by atoms with van der Waals surface area (Å²) in [7, 11) is 0. The van der Waals surface area contributed by atoms with Crippen LogP contribution in [0, 0.1) is 6.92 Å². The van der Waals surface area contributed by atoms with E-state index in [1.165, 1.54) is 0 Å². The van der Waals surface area contributed by atoms with Crippen LogP contribution in [-0.2, 0) is 0 Å². The van der Waals surface area contributed by atoms with Crippen molar-refractivity contribution in [1.29, 1.82) is 0 Å². The molecule has 18 heavy (non-hydrogen) atoms. The van der Waals surface area contributed by atoms with Gasteiger partial charge in [-0.05, 0) is 24.6 Å². The Morgan fingerprint density at radius 1 is 0.833 bits per heavy atom. The van der Waals surface area contributed by atoms with Crippen molar-refractivity contribution in [2.45, 2.75) is 6.92 Å². The molecule has 0 fully saturated rings.